The molecular formula is C9H9N3O3. The van der Waals surface area contributed by atoms with Crippen LogP contribution in [0.2, 0.25) is 0 Å². The second-order valence-corrected chi connectivity index (χ2v) is 3.08. The molecule has 6 nitrogen and oxygen atoms in total. The standard InChI is InChI=1S/C9H9N3O3/c1-5(6-3-2-4-15-6)10-9-11-7(13)8(14)12-9/h2-5H,1H3,(H2,10,11,12,13,14). The van der Waals surface area contributed by atoms with Crippen LogP contribution < -0.4 is 10.6 Å². The highest BCUT2D eigenvalue weighted by atomic mass is 16.3. The molecule has 1 fully saturated rings. The maximum atomic E-state index is 10.8. The number of hydrogen-bond donors (Lipinski definition) is 2. The van der Waals surface area contributed by atoms with Gasteiger partial charge in [-0.2, -0.15) is 0 Å². The van der Waals surface area contributed by atoms with Crippen molar-refractivity contribution in [1.29, 1.82) is 0 Å². The molecule has 1 unspecified atom stereocenters. The summed E-state index contributed by atoms with van der Waals surface area (Å²) in [6.45, 7) is 1.79. The topological polar surface area (TPSA) is 83.7 Å². The van der Waals surface area contributed by atoms with Gasteiger partial charge in [0.1, 0.15) is 11.8 Å². The minimum absolute atomic E-state index is 0.161. The van der Waals surface area contributed by atoms with Gasteiger partial charge < -0.3 is 4.42 Å². The van der Waals surface area contributed by atoms with Gasteiger partial charge in [-0.15, -0.1) is 0 Å². The molecule has 0 bridgehead atoms. The molecule has 2 heterocycles. The van der Waals surface area contributed by atoms with Crippen LogP contribution in [0.15, 0.2) is 27.8 Å². The first-order valence-electron chi connectivity index (χ1n) is 4.40. The number of rotatable bonds is 2. The highest BCUT2D eigenvalue weighted by molar-refractivity contribution is 6.45. The van der Waals surface area contributed by atoms with Crippen molar-refractivity contribution in [2.75, 3.05) is 0 Å². The predicted octanol–water partition coefficient (Wildman–Crippen LogP) is -0.0574. The summed E-state index contributed by atoms with van der Waals surface area (Å²) in [7, 11) is 0. The van der Waals surface area contributed by atoms with Gasteiger partial charge in [0.2, 0.25) is 5.96 Å². The summed E-state index contributed by atoms with van der Waals surface area (Å²) in [5.74, 6) is -0.562. The van der Waals surface area contributed by atoms with E-state index in [0.717, 1.165) is 0 Å². The summed E-state index contributed by atoms with van der Waals surface area (Å²) in [6.07, 6.45) is 1.54. The van der Waals surface area contributed by atoms with E-state index in [0.29, 0.717) is 5.76 Å². The van der Waals surface area contributed by atoms with Gasteiger partial charge in [-0.25, -0.2) is 4.99 Å². The molecule has 1 atom stereocenters. The number of amides is 2. The molecule has 2 N–H and O–H groups in total. The zero-order valence-electron chi connectivity index (χ0n) is 7.98. The van der Waals surface area contributed by atoms with Crippen molar-refractivity contribution in [2.24, 2.45) is 4.99 Å². The summed E-state index contributed by atoms with van der Waals surface area (Å²) >= 11 is 0. The number of hydrogen-bond acceptors (Lipinski definition) is 4. The quantitative estimate of drug-likeness (QED) is 0.666. The number of nitrogens with zero attached hydrogens (tertiary/aromatic N) is 1. The van der Waals surface area contributed by atoms with Crippen LogP contribution in [0.25, 0.3) is 0 Å². The third-order valence-corrected chi connectivity index (χ3v) is 1.95. The van der Waals surface area contributed by atoms with Crippen molar-refractivity contribution >= 4 is 17.8 Å². The third kappa shape index (κ3) is 1.88. The molecule has 2 rings (SSSR count). The maximum absolute atomic E-state index is 10.8. The smallest absolute Gasteiger partial charge is 0.316 e. The van der Waals surface area contributed by atoms with Crippen LogP contribution in [-0.4, -0.2) is 17.8 Å². The minimum Gasteiger partial charge on any atom is -0.467 e. The third-order valence-electron chi connectivity index (χ3n) is 1.95. The van der Waals surface area contributed by atoms with Gasteiger partial charge in [0.25, 0.3) is 0 Å². The van der Waals surface area contributed by atoms with E-state index in [1.54, 1.807) is 19.1 Å². The Labute approximate surface area is 85.4 Å². The lowest BCUT2D eigenvalue weighted by Gasteiger charge is -2.03. The number of nitrogens with one attached hydrogen (secondary N) is 2. The largest absolute Gasteiger partial charge is 0.467 e. The lowest BCUT2D eigenvalue weighted by molar-refractivity contribution is -0.135. The molecule has 15 heavy (non-hydrogen) atoms. The molecule has 1 saturated heterocycles. The van der Waals surface area contributed by atoms with E-state index in [9.17, 15) is 9.59 Å². The fraction of sp³-hybridized carbons (Fsp3) is 0.222. The number of carbonyl (C=O) groups is 2. The Kier molecular flexibility index (Phi) is 2.24. The van der Waals surface area contributed by atoms with Crippen LogP contribution in [-0.2, 0) is 9.59 Å². The molecule has 0 saturated carbocycles. The molecule has 1 aromatic heterocycles. The summed E-state index contributed by atoms with van der Waals surface area (Å²) in [5.41, 5.74) is 0. The van der Waals surface area contributed by atoms with Gasteiger partial charge in [-0.05, 0) is 19.1 Å². The minimum atomic E-state index is -0.694. The molecule has 0 aromatic carbocycles. The van der Waals surface area contributed by atoms with Crippen LogP contribution in [0.1, 0.15) is 18.7 Å². The van der Waals surface area contributed by atoms with E-state index >= 15 is 0 Å². The van der Waals surface area contributed by atoms with E-state index in [2.05, 4.69) is 15.6 Å². The van der Waals surface area contributed by atoms with Gasteiger partial charge in [-0.1, -0.05) is 0 Å². The summed E-state index contributed by atoms with van der Waals surface area (Å²) in [6, 6.07) is 3.26. The first-order valence-corrected chi connectivity index (χ1v) is 4.40. The lowest BCUT2D eigenvalue weighted by atomic mass is 10.3. The van der Waals surface area contributed by atoms with Crippen LogP contribution in [0.4, 0.5) is 0 Å². The summed E-state index contributed by atoms with van der Waals surface area (Å²) in [5, 5.41) is 4.61. The molecule has 1 aromatic rings. The van der Waals surface area contributed by atoms with E-state index in [4.69, 9.17) is 4.42 Å². The van der Waals surface area contributed by atoms with E-state index in [1.165, 1.54) is 6.26 Å². The van der Waals surface area contributed by atoms with Crippen LogP contribution in [0.3, 0.4) is 0 Å². The molecule has 0 aliphatic carbocycles. The lowest BCUT2D eigenvalue weighted by Crippen LogP contribution is -2.26. The van der Waals surface area contributed by atoms with Crippen molar-refractivity contribution < 1.29 is 14.0 Å². The Morgan fingerprint density at radius 3 is 2.53 bits per heavy atom. The van der Waals surface area contributed by atoms with Gasteiger partial charge in [0, 0.05) is 0 Å². The second-order valence-electron chi connectivity index (χ2n) is 3.08. The Bertz CT molecular complexity index is 404. The van der Waals surface area contributed by atoms with Gasteiger partial charge in [-0.3, -0.25) is 20.2 Å². The van der Waals surface area contributed by atoms with Crippen molar-refractivity contribution in [3.8, 4) is 0 Å². The van der Waals surface area contributed by atoms with Crippen LogP contribution >= 0.6 is 0 Å². The van der Waals surface area contributed by atoms with Gasteiger partial charge >= 0.3 is 11.8 Å². The normalized spacial score (nSPS) is 17.3. The molecule has 1 aliphatic rings. The Morgan fingerprint density at radius 1 is 1.33 bits per heavy atom. The zero-order valence-corrected chi connectivity index (χ0v) is 7.98. The van der Waals surface area contributed by atoms with E-state index < -0.39 is 11.8 Å². The fourth-order valence-electron chi connectivity index (χ4n) is 1.21. The zero-order chi connectivity index (χ0) is 10.8. The molecule has 78 valence electrons. The Balaban J connectivity index is 2.11. The molecule has 2 amide bonds. The van der Waals surface area contributed by atoms with Crippen LogP contribution in [0.5, 0.6) is 0 Å². The summed E-state index contributed by atoms with van der Waals surface area (Å²) in [4.78, 5) is 25.7. The molecule has 6 heteroatoms. The van der Waals surface area contributed by atoms with E-state index in [-0.39, 0.29) is 12.0 Å². The van der Waals surface area contributed by atoms with E-state index in [1.807, 2.05) is 0 Å². The Hall–Kier alpha value is -2.11. The number of furan rings is 1. The number of carbonyl (C=O) groups excluding carboxylic acids is 2. The highest BCUT2D eigenvalue weighted by Crippen LogP contribution is 2.16. The van der Waals surface area contributed by atoms with Crippen molar-refractivity contribution in [1.82, 2.24) is 10.6 Å². The molecule has 1 aliphatic heterocycles. The first kappa shape index (κ1) is 9.45. The first-order chi connectivity index (χ1) is 7.16. The number of aliphatic imine (C=N–C) groups is 1. The molecular weight excluding hydrogens is 198 g/mol. The highest BCUT2D eigenvalue weighted by Gasteiger charge is 2.25. The predicted molar refractivity (Wildman–Crippen MR) is 50.8 cm³/mol. The average Bonchev–Trinajstić information content (AvgIpc) is 2.77. The fourth-order valence-corrected chi connectivity index (χ4v) is 1.21. The SMILES string of the molecule is CC(N=C1NC(=O)C(=O)N1)c1ccco1. The van der Waals surface area contributed by atoms with Gasteiger partial charge in [0.15, 0.2) is 0 Å². The van der Waals surface area contributed by atoms with Gasteiger partial charge in [0.05, 0.1) is 6.26 Å². The monoisotopic (exact) mass is 207 g/mol. The van der Waals surface area contributed by atoms with Crippen molar-refractivity contribution in [3.63, 3.8) is 0 Å². The van der Waals surface area contributed by atoms with Crippen molar-refractivity contribution in [3.05, 3.63) is 24.2 Å². The van der Waals surface area contributed by atoms with Crippen molar-refractivity contribution in [2.45, 2.75) is 13.0 Å². The second kappa shape index (κ2) is 3.56. The maximum Gasteiger partial charge on any atom is 0.316 e. The van der Waals surface area contributed by atoms with Crippen LogP contribution in [0, 0.1) is 0 Å². The Morgan fingerprint density at radius 2 is 2.00 bits per heavy atom. The molecule has 0 radical (unpaired) electrons. The number of guanidine groups is 1. The molecule has 0 spiro atoms. The summed E-state index contributed by atoms with van der Waals surface area (Å²) < 4.78 is 5.13. The average molecular weight is 207 g/mol.